The maximum atomic E-state index is 4.62. The highest BCUT2D eigenvalue weighted by atomic mass is 127. The largest absolute Gasteiger partial charge is 0.349 e. The van der Waals surface area contributed by atoms with E-state index >= 15 is 0 Å². The first-order chi connectivity index (χ1) is 13.3. The molecule has 0 amide bonds. The Morgan fingerprint density at radius 3 is 2.50 bits per heavy atom. The van der Waals surface area contributed by atoms with Gasteiger partial charge in [-0.25, -0.2) is 0 Å². The van der Waals surface area contributed by atoms with Crippen molar-refractivity contribution in [2.24, 2.45) is 10.4 Å². The van der Waals surface area contributed by atoms with Gasteiger partial charge in [0.2, 0.25) is 0 Å². The fraction of sp³-hybridized carbons (Fsp3) is 0.857. The van der Waals surface area contributed by atoms with Crippen LogP contribution in [0.3, 0.4) is 0 Å². The van der Waals surface area contributed by atoms with Crippen LogP contribution in [0.15, 0.2) is 4.99 Å². The minimum absolute atomic E-state index is 0. The number of aryl methyl sites for hydroxylation is 1. The van der Waals surface area contributed by atoms with Gasteiger partial charge in [-0.15, -0.1) is 34.2 Å². The number of nitrogens with one attached hydrogen (secondary N) is 1. The smallest absolute Gasteiger partial charge is 0.194 e. The first kappa shape index (κ1) is 21.8. The number of piperidine rings is 1. The molecule has 1 N–H and O–H groups in total. The zero-order valence-corrected chi connectivity index (χ0v) is 19.8. The second-order valence-electron chi connectivity index (χ2n) is 8.83. The van der Waals surface area contributed by atoms with Crippen LogP contribution in [0.5, 0.6) is 0 Å². The molecule has 158 valence electrons. The SMILES string of the molecule is CN=C(NCc1nnc2n1CCCCC2)N1CCCC2(CCCCCC2)C1.I. The summed E-state index contributed by atoms with van der Waals surface area (Å²) in [4.78, 5) is 7.13. The Hall–Kier alpha value is -0.860. The van der Waals surface area contributed by atoms with Gasteiger partial charge in [0.05, 0.1) is 6.54 Å². The molecule has 2 fully saturated rings. The molecular formula is C21H37IN6. The summed E-state index contributed by atoms with van der Waals surface area (Å²) in [5.74, 6) is 3.27. The molecule has 0 radical (unpaired) electrons. The van der Waals surface area contributed by atoms with Crippen molar-refractivity contribution in [3.63, 3.8) is 0 Å². The highest BCUT2D eigenvalue weighted by Gasteiger charge is 2.36. The third kappa shape index (κ3) is 5.00. The van der Waals surface area contributed by atoms with Crippen LogP contribution in [0, 0.1) is 5.41 Å². The Balaban J connectivity index is 0.00000225. The molecule has 1 aromatic heterocycles. The van der Waals surface area contributed by atoms with Gasteiger partial charge in [0.25, 0.3) is 0 Å². The number of nitrogens with zero attached hydrogens (tertiary/aromatic N) is 5. The fourth-order valence-corrected chi connectivity index (χ4v) is 5.44. The number of hydrogen-bond acceptors (Lipinski definition) is 3. The lowest BCUT2D eigenvalue weighted by atomic mass is 9.74. The molecule has 6 nitrogen and oxygen atoms in total. The molecule has 0 bridgehead atoms. The molecule has 0 aromatic carbocycles. The van der Waals surface area contributed by atoms with Crippen LogP contribution in [-0.4, -0.2) is 45.8 Å². The van der Waals surface area contributed by atoms with E-state index in [1.807, 2.05) is 7.05 Å². The zero-order chi connectivity index (χ0) is 18.5. The van der Waals surface area contributed by atoms with Gasteiger partial charge in [-0.2, -0.15) is 0 Å². The quantitative estimate of drug-likeness (QED) is 0.377. The van der Waals surface area contributed by atoms with Gasteiger partial charge in [-0.05, 0) is 43.9 Å². The topological polar surface area (TPSA) is 58.3 Å². The molecule has 1 saturated carbocycles. The zero-order valence-electron chi connectivity index (χ0n) is 17.5. The lowest BCUT2D eigenvalue weighted by Gasteiger charge is -2.44. The highest BCUT2D eigenvalue weighted by molar-refractivity contribution is 14.0. The van der Waals surface area contributed by atoms with E-state index in [1.54, 1.807) is 0 Å². The number of halogens is 1. The molecule has 4 rings (SSSR count). The van der Waals surface area contributed by atoms with E-state index in [0.717, 1.165) is 43.7 Å². The third-order valence-corrected chi connectivity index (χ3v) is 6.93. The van der Waals surface area contributed by atoms with Crippen LogP contribution in [0.4, 0.5) is 0 Å². The Bertz CT molecular complexity index is 647. The molecule has 7 heteroatoms. The van der Waals surface area contributed by atoms with Crippen LogP contribution in [0.2, 0.25) is 0 Å². The molecule has 0 atom stereocenters. The molecule has 1 aromatic rings. The fourth-order valence-electron chi connectivity index (χ4n) is 5.44. The van der Waals surface area contributed by atoms with Gasteiger partial charge in [0, 0.05) is 33.1 Å². The van der Waals surface area contributed by atoms with E-state index in [1.165, 1.54) is 77.2 Å². The van der Waals surface area contributed by atoms with Crippen LogP contribution in [0.25, 0.3) is 0 Å². The highest BCUT2D eigenvalue weighted by Crippen LogP contribution is 2.42. The standard InChI is InChI=1S/C21H36N6.HI/c1-22-20(23-16-19-25-24-18-10-5-4-8-15-27(18)19)26-14-9-13-21(17-26)11-6-2-3-7-12-21;/h2-17H2,1H3,(H,22,23);1H. The van der Waals surface area contributed by atoms with Crippen molar-refractivity contribution in [3.8, 4) is 0 Å². The minimum Gasteiger partial charge on any atom is -0.349 e. The van der Waals surface area contributed by atoms with E-state index in [0.29, 0.717) is 5.41 Å². The summed E-state index contributed by atoms with van der Waals surface area (Å²) in [5.41, 5.74) is 0.526. The number of fused-ring (bicyclic) bond motifs is 1. The van der Waals surface area contributed by atoms with Gasteiger partial charge in [-0.3, -0.25) is 4.99 Å². The lowest BCUT2D eigenvalue weighted by Crippen LogP contribution is -2.50. The summed E-state index contributed by atoms with van der Waals surface area (Å²) in [7, 11) is 1.92. The van der Waals surface area contributed by atoms with E-state index < -0.39 is 0 Å². The normalized spacial score (nSPS) is 22.8. The van der Waals surface area contributed by atoms with E-state index in [-0.39, 0.29) is 24.0 Å². The maximum absolute atomic E-state index is 4.62. The molecule has 1 saturated heterocycles. The molecule has 3 heterocycles. The summed E-state index contributed by atoms with van der Waals surface area (Å²) in [6, 6.07) is 0. The number of likely N-dealkylation sites (tertiary alicyclic amines) is 1. The predicted octanol–water partition coefficient (Wildman–Crippen LogP) is 4.13. The first-order valence-electron chi connectivity index (χ1n) is 11.2. The number of aliphatic imine (C=N–C) groups is 1. The average Bonchev–Trinajstić information content (AvgIpc) is 2.85. The van der Waals surface area contributed by atoms with Crippen LogP contribution >= 0.6 is 24.0 Å². The summed E-state index contributed by atoms with van der Waals surface area (Å²) in [6.45, 7) is 4.08. The second kappa shape index (κ2) is 10.3. The second-order valence-corrected chi connectivity index (χ2v) is 8.83. The van der Waals surface area contributed by atoms with Gasteiger partial charge in [0.15, 0.2) is 11.8 Å². The average molecular weight is 500 g/mol. The summed E-state index contributed by atoms with van der Waals surface area (Å²) < 4.78 is 2.33. The molecule has 1 spiro atoms. The van der Waals surface area contributed by atoms with Gasteiger partial charge >= 0.3 is 0 Å². The number of rotatable bonds is 2. The van der Waals surface area contributed by atoms with Crippen LogP contribution < -0.4 is 5.32 Å². The Labute approximate surface area is 187 Å². The number of aromatic nitrogens is 3. The van der Waals surface area contributed by atoms with E-state index in [4.69, 9.17) is 0 Å². The van der Waals surface area contributed by atoms with Crippen molar-refractivity contribution in [3.05, 3.63) is 11.6 Å². The summed E-state index contributed by atoms with van der Waals surface area (Å²) in [6.07, 6.45) is 16.0. The van der Waals surface area contributed by atoms with Crippen molar-refractivity contribution < 1.29 is 0 Å². The minimum atomic E-state index is 0. The summed E-state index contributed by atoms with van der Waals surface area (Å²) >= 11 is 0. The van der Waals surface area contributed by atoms with Gasteiger partial charge in [-0.1, -0.05) is 32.1 Å². The van der Waals surface area contributed by atoms with Crippen LogP contribution in [-0.2, 0) is 19.5 Å². The Morgan fingerprint density at radius 1 is 0.964 bits per heavy atom. The molecular weight excluding hydrogens is 463 g/mol. The van der Waals surface area contributed by atoms with Gasteiger partial charge < -0.3 is 14.8 Å². The predicted molar refractivity (Wildman–Crippen MR) is 124 cm³/mol. The lowest BCUT2D eigenvalue weighted by molar-refractivity contribution is 0.115. The van der Waals surface area contributed by atoms with Crippen molar-refractivity contribution >= 4 is 29.9 Å². The van der Waals surface area contributed by atoms with E-state index in [9.17, 15) is 0 Å². The monoisotopic (exact) mass is 500 g/mol. The van der Waals surface area contributed by atoms with Crippen molar-refractivity contribution in [1.29, 1.82) is 0 Å². The Kier molecular flexibility index (Phi) is 8.00. The van der Waals surface area contributed by atoms with Gasteiger partial charge in [0.1, 0.15) is 5.82 Å². The molecule has 28 heavy (non-hydrogen) atoms. The molecule has 1 aliphatic carbocycles. The van der Waals surface area contributed by atoms with Crippen molar-refractivity contribution in [2.75, 3.05) is 20.1 Å². The molecule has 0 unspecified atom stereocenters. The number of guanidine groups is 1. The van der Waals surface area contributed by atoms with Crippen molar-refractivity contribution in [2.45, 2.75) is 90.1 Å². The third-order valence-electron chi connectivity index (χ3n) is 6.93. The first-order valence-corrected chi connectivity index (χ1v) is 11.2. The maximum Gasteiger partial charge on any atom is 0.194 e. The molecule has 2 aliphatic heterocycles. The van der Waals surface area contributed by atoms with Crippen molar-refractivity contribution in [1.82, 2.24) is 25.0 Å². The van der Waals surface area contributed by atoms with Crippen LogP contribution in [0.1, 0.15) is 82.3 Å². The Morgan fingerprint density at radius 2 is 1.71 bits per heavy atom. The molecule has 3 aliphatic rings. The summed E-state index contributed by atoms with van der Waals surface area (Å²) in [5, 5.41) is 12.5. The van der Waals surface area contributed by atoms with E-state index in [2.05, 4.69) is 30.0 Å². The number of hydrogen-bond donors (Lipinski definition) is 1.